The third-order valence-electron chi connectivity index (χ3n) is 3.60. The molecule has 0 N–H and O–H groups in total. The van der Waals surface area contributed by atoms with Crippen LogP contribution in [0.4, 0.5) is 0 Å². The summed E-state index contributed by atoms with van der Waals surface area (Å²) in [6, 6.07) is 2.07. The lowest BCUT2D eigenvalue weighted by Gasteiger charge is -2.04. The van der Waals surface area contributed by atoms with Crippen LogP contribution in [0.2, 0.25) is 0 Å². The zero-order chi connectivity index (χ0) is 14.3. The Labute approximate surface area is 117 Å². The summed E-state index contributed by atoms with van der Waals surface area (Å²) in [6.07, 6.45) is 2.36. The summed E-state index contributed by atoms with van der Waals surface area (Å²) < 4.78 is 6.71. The Morgan fingerprint density at radius 1 is 1.45 bits per heavy atom. The first kappa shape index (κ1) is 13.1. The van der Waals surface area contributed by atoms with Crippen LogP contribution in [0.3, 0.4) is 0 Å². The van der Waals surface area contributed by atoms with Crippen molar-refractivity contribution in [1.29, 1.82) is 0 Å². The van der Waals surface area contributed by atoms with Crippen molar-refractivity contribution in [3.63, 3.8) is 0 Å². The average molecular weight is 273 g/mol. The number of carbonyl (C=O) groups is 1. The molecule has 106 valence electrons. The van der Waals surface area contributed by atoms with E-state index in [9.17, 15) is 4.79 Å². The van der Waals surface area contributed by atoms with Gasteiger partial charge in [0, 0.05) is 17.0 Å². The Bertz CT molecular complexity index is 671. The van der Waals surface area contributed by atoms with E-state index in [2.05, 4.69) is 23.1 Å². The fourth-order valence-corrected chi connectivity index (χ4v) is 2.63. The maximum atomic E-state index is 11.7. The number of aromatic nitrogens is 3. The van der Waals surface area contributed by atoms with Gasteiger partial charge in [0.2, 0.25) is 0 Å². The minimum atomic E-state index is -0.264. The van der Waals surface area contributed by atoms with Crippen LogP contribution < -0.4 is 0 Å². The second kappa shape index (κ2) is 4.89. The average Bonchev–Trinajstić information content (AvgIpc) is 3.14. The third-order valence-corrected chi connectivity index (χ3v) is 3.60. The van der Waals surface area contributed by atoms with Crippen LogP contribution in [0.15, 0.2) is 6.07 Å². The number of esters is 1. The molecule has 5 heteroatoms. The molecule has 0 aliphatic heterocycles. The molecule has 0 spiro atoms. The van der Waals surface area contributed by atoms with Crippen molar-refractivity contribution in [3.05, 3.63) is 23.0 Å². The van der Waals surface area contributed by atoms with Gasteiger partial charge in [-0.1, -0.05) is 0 Å². The number of hydrogen-bond acceptors (Lipinski definition) is 4. The number of hydrogen-bond donors (Lipinski definition) is 0. The number of rotatable bonds is 4. The molecule has 5 nitrogen and oxygen atoms in total. The molecule has 2 aromatic rings. The highest BCUT2D eigenvalue weighted by Gasteiger charge is 2.30. The van der Waals surface area contributed by atoms with E-state index in [1.807, 2.05) is 6.92 Å². The van der Waals surface area contributed by atoms with Gasteiger partial charge in [-0.2, -0.15) is 5.10 Å². The molecule has 1 aliphatic carbocycles. The standard InChI is InChI=1S/C15H19N3O2/c1-4-20-12(19)8-18-15-13(9(2)7-10(3)16-15)14(17-18)11-5-6-11/h7,11H,4-6,8H2,1-3H3. The summed E-state index contributed by atoms with van der Waals surface area (Å²) in [5.74, 6) is 0.268. The normalized spacial score (nSPS) is 14.8. The van der Waals surface area contributed by atoms with Crippen LogP contribution in [0.5, 0.6) is 0 Å². The second-order valence-corrected chi connectivity index (χ2v) is 5.40. The zero-order valence-electron chi connectivity index (χ0n) is 12.1. The quantitative estimate of drug-likeness (QED) is 0.803. The fourth-order valence-electron chi connectivity index (χ4n) is 2.63. The van der Waals surface area contributed by atoms with Gasteiger partial charge in [-0.3, -0.25) is 4.79 Å². The number of fused-ring (bicyclic) bond motifs is 1. The van der Waals surface area contributed by atoms with Crippen LogP contribution in [0.25, 0.3) is 11.0 Å². The van der Waals surface area contributed by atoms with Crippen molar-refractivity contribution in [2.75, 3.05) is 6.61 Å². The van der Waals surface area contributed by atoms with E-state index in [1.54, 1.807) is 11.6 Å². The number of ether oxygens (including phenoxy) is 1. The van der Waals surface area contributed by atoms with Gasteiger partial charge in [0.05, 0.1) is 12.3 Å². The van der Waals surface area contributed by atoms with Crippen LogP contribution in [-0.2, 0) is 16.1 Å². The molecule has 3 rings (SSSR count). The second-order valence-electron chi connectivity index (χ2n) is 5.40. The van der Waals surface area contributed by atoms with E-state index in [0.29, 0.717) is 12.5 Å². The van der Waals surface area contributed by atoms with Gasteiger partial charge < -0.3 is 4.74 Å². The predicted octanol–water partition coefficient (Wildman–Crippen LogP) is 2.49. The van der Waals surface area contributed by atoms with Crippen LogP contribution in [0, 0.1) is 13.8 Å². The van der Waals surface area contributed by atoms with E-state index in [0.717, 1.165) is 22.4 Å². The Kier molecular flexibility index (Phi) is 3.20. The monoisotopic (exact) mass is 273 g/mol. The molecule has 0 aromatic carbocycles. The first-order chi connectivity index (χ1) is 9.60. The van der Waals surface area contributed by atoms with Gasteiger partial charge in [0.25, 0.3) is 0 Å². The lowest BCUT2D eigenvalue weighted by Crippen LogP contribution is -2.15. The molecule has 1 saturated carbocycles. The Hall–Kier alpha value is -1.91. The van der Waals surface area contributed by atoms with Crippen molar-refractivity contribution < 1.29 is 9.53 Å². The van der Waals surface area contributed by atoms with Crippen molar-refractivity contribution >= 4 is 17.0 Å². The molecule has 2 heterocycles. The van der Waals surface area contributed by atoms with E-state index in [-0.39, 0.29) is 12.5 Å². The van der Waals surface area contributed by atoms with Crippen LogP contribution in [-0.4, -0.2) is 27.3 Å². The highest BCUT2D eigenvalue weighted by Crippen LogP contribution is 2.43. The first-order valence-electron chi connectivity index (χ1n) is 7.10. The largest absolute Gasteiger partial charge is 0.465 e. The van der Waals surface area contributed by atoms with Crippen molar-refractivity contribution in [2.45, 2.75) is 46.1 Å². The molecule has 0 atom stereocenters. The van der Waals surface area contributed by atoms with Crippen molar-refractivity contribution in [2.24, 2.45) is 0 Å². The highest BCUT2D eigenvalue weighted by molar-refractivity contribution is 5.84. The van der Waals surface area contributed by atoms with Crippen molar-refractivity contribution in [1.82, 2.24) is 14.8 Å². The van der Waals surface area contributed by atoms with Crippen molar-refractivity contribution in [3.8, 4) is 0 Å². The molecule has 1 fully saturated rings. The van der Waals surface area contributed by atoms with E-state index in [1.165, 1.54) is 18.4 Å². The maximum absolute atomic E-state index is 11.7. The summed E-state index contributed by atoms with van der Waals surface area (Å²) in [4.78, 5) is 16.3. The molecule has 20 heavy (non-hydrogen) atoms. The highest BCUT2D eigenvalue weighted by atomic mass is 16.5. The molecular weight excluding hydrogens is 254 g/mol. The molecule has 0 radical (unpaired) electrons. The smallest absolute Gasteiger partial charge is 0.327 e. The minimum Gasteiger partial charge on any atom is -0.465 e. The van der Waals surface area contributed by atoms with Gasteiger partial charge in [-0.25, -0.2) is 9.67 Å². The zero-order valence-corrected chi connectivity index (χ0v) is 12.1. The Morgan fingerprint density at radius 2 is 2.20 bits per heavy atom. The van der Waals surface area contributed by atoms with Gasteiger partial charge in [0.15, 0.2) is 5.65 Å². The molecule has 0 amide bonds. The topological polar surface area (TPSA) is 57.0 Å². The molecule has 0 saturated heterocycles. The third kappa shape index (κ3) is 2.28. The number of pyridine rings is 1. The Morgan fingerprint density at radius 3 is 2.85 bits per heavy atom. The van der Waals surface area contributed by atoms with Gasteiger partial charge in [-0.05, 0) is 45.2 Å². The van der Waals surface area contributed by atoms with E-state index >= 15 is 0 Å². The van der Waals surface area contributed by atoms with Gasteiger partial charge in [-0.15, -0.1) is 0 Å². The Balaban J connectivity index is 2.09. The predicted molar refractivity (Wildman–Crippen MR) is 75.6 cm³/mol. The molecule has 0 bridgehead atoms. The fraction of sp³-hybridized carbons (Fsp3) is 0.533. The summed E-state index contributed by atoms with van der Waals surface area (Å²) in [7, 11) is 0. The lowest BCUT2D eigenvalue weighted by molar-refractivity contribution is -0.143. The minimum absolute atomic E-state index is 0.132. The number of aryl methyl sites for hydroxylation is 2. The van der Waals surface area contributed by atoms with Crippen LogP contribution >= 0.6 is 0 Å². The lowest BCUT2D eigenvalue weighted by atomic mass is 10.1. The van der Waals surface area contributed by atoms with Gasteiger partial charge >= 0.3 is 5.97 Å². The molecule has 1 aliphatic rings. The molecule has 2 aromatic heterocycles. The maximum Gasteiger partial charge on any atom is 0.327 e. The van der Waals surface area contributed by atoms with Gasteiger partial charge in [0.1, 0.15) is 6.54 Å². The van der Waals surface area contributed by atoms with Crippen LogP contribution in [0.1, 0.15) is 42.6 Å². The summed E-state index contributed by atoms with van der Waals surface area (Å²) in [5, 5.41) is 5.74. The summed E-state index contributed by atoms with van der Waals surface area (Å²) in [6.45, 7) is 6.37. The number of nitrogens with zero attached hydrogens (tertiary/aromatic N) is 3. The summed E-state index contributed by atoms with van der Waals surface area (Å²) >= 11 is 0. The number of carbonyl (C=O) groups excluding carboxylic acids is 1. The SMILES string of the molecule is CCOC(=O)Cn1nc(C2CC2)c2c(C)cc(C)nc21. The van der Waals surface area contributed by atoms with E-state index in [4.69, 9.17) is 4.74 Å². The first-order valence-corrected chi connectivity index (χ1v) is 7.10. The summed E-state index contributed by atoms with van der Waals surface area (Å²) in [5.41, 5.74) is 4.03. The van der Waals surface area contributed by atoms with E-state index < -0.39 is 0 Å². The molecule has 0 unspecified atom stereocenters. The molecular formula is C15H19N3O2.